The second-order valence-electron chi connectivity index (χ2n) is 5.16. The summed E-state index contributed by atoms with van der Waals surface area (Å²) in [7, 11) is 0. The average molecular weight is 263 g/mol. The van der Waals surface area contributed by atoms with Crippen molar-refractivity contribution in [2.45, 2.75) is 32.6 Å². The maximum atomic E-state index is 11.2. The first-order valence-corrected chi connectivity index (χ1v) is 6.91. The maximum absolute atomic E-state index is 11.2. The molecule has 0 spiro atoms. The van der Waals surface area contributed by atoms with Crippen molar-refractivity contribution in [1.29, 1.82) is 0 Å². The van der Waals surface area contributed by atoms with Crippen LogP contribution < -0.4 is 10.6 Å². The van der Waals surface area contributed by atoms with E-state index in [1.807, 2.05) is 0 Å². The van der Waals surface area contributed by atoms with Gasteiger partial charge in [0.15, 0.2) is 0 Å². The van der Waals surface area contributed by atoms with Gasteiger partial charge in [0.1, 0.15) is 11.4 Å². The van der Waals surface area contributed by atoms with Crippen LogP contribution in [0.4, 0.5) is 17.1 Å². The van der Waals surface area contributed by atoms with E-state index in [2.05, 4.69) is 11.8 Å². The Bertz CT molecular complexity index is 462. The topological polar surface area (TPSA) is 72.4 Å². The molecule has 1 saturated heterocycles. The molecule has 1 atom stereocenters. The lowest BCUT2D eigenvalue weighted by molar-refractivity contribution is -0.383. The molecule has 2 N–H and O–H groups in total. The number of hydrogen-bond donors (Lipinski definition) is 1. The van der Waals surface area contributed by atoms with Crippen LogP contribution in [0.3, 0.4) is 0 Å². The summed E-state index contributed by atoms with van der Waals surface area (Å²) in [5.74, 6) is 0.741. The molecule has 2 rings (SSSR count). The fourth-order valence-electron chi connectivity index (χ4n) is 2.82. The summed E-state index contributed by atoms with van der Waals surface area (Å²) in [4.78, 5) is 12.9. The van der Waals surface area contributed by atoms with E-state index in [0.29, 0.717) is 5.69 Å². The predicted molar refractivity (Wildman–Crippen MR) is 77.4 cm³/mol. The standard InChI is InChI=1S/C14H21N3O2/c1-2-11-5-4-9-16(10-8-11)13-7-3-6-12(15)14(13)17(18)19/h3,6-7,11H,2,4-5,8-10,15H2,1H3. The number of rotatable bonds is 3. The van der Waals surface area contributed by atoms with E-state index in [0.717, 1.165) is 31.8 Å². The summed E-state index contributed by atoms with van der Waals surface area (Å²) in [5.41, 5.74) is 6.72. The van der Waals surface area contributed by atoms with Crippen LogP contribution in [0, 0.1) is 16.0 Å². The normalized spacial score (nSPS) is 20.1. The lowest BCUT2D eigenvalue weighted by Crippen LogP contribution is -2.25. The second-order valence-corrected chi connectivity index (χ2v) is 5.16. The highest BCUT2D eigenvalue weighted by atomic mass is 16.6. The molecule has 0 radical (unpaired) electrons. The largest absolute Gasteiger partial charge is 0.393 e. The fourth-order valence-corrected chi connectivity index (χ4v) is 2.82. The van der Waals surface area contributed by atoms with E-state index in [9.17, 15) is 10.1 Å². The zero-order chi connectivity index (χ0) is 13.8. The molecule has 1 aromatic carbocycles. The minimum Gasteiger partial charge on any atom is -0.393 e. The Morgan fingerprint density at radius 1 is 1.42 bits per heavy atom. The highest BCUT2D eigenvalue weighted by molar-refractivity contribution is 5.75. The van der Waals surface area contributed by atoms with Crippen molar-refractivity contribution >= 4 is 17.1 Å². The van der Waals surface area contributed by atoms with Crippen molar-refractivity contribution in [1.82, 2.24) is 0 Å². The molecule has 0 amide bonds. The van der Waals surface area contributed by atoms with Crippen LogP contribution in [-0.4, -0.2) is 18.0 Å². The van der Waals surface area contributed by atoms with Gasteiger partial charge in [0.25, 0.3) is 0 Å². The van der Waals surface area contributed by atoms with Crippen molar-refractivity contribution in [3.05, 3.63) is 28.3 Å². The van der Waals surface area contributed by atoms with Crippen LogP contribution in [0.5, 0.6) is 0 Å². The van der Waals surface area contributed by atoms with Gasteiger partial charge in [-0.1, -0.05) is 19.4 Å². The number of nitrogens with two attached hydrogens (primary N) is 1. The monoisotopic (exact) mass is 263 g/mol. The number of benzene rings is 1. The van der Waals surface area contributed by atoms with Crippen molar-refractivity contribution < 1.29 is 4.92 Å². The first kappa shape index (κ1) is 13.6. The van der Waals surface area contributed by atoms with Gasteiger partial charge < -0.3 is 10.6 Å². The molecule has 1 heterocycles. The van der Waals surface area contributed by atoms with Crippen LogP contribution >= 0.6 is 0 Å². The molecule has 1 unspecified atom stereocenters. The minimum atomic E-state index is -0.368. The summed E-state index contributed by atoms with van der Waals surface area (Å²) < 4.78 is 0. The van der Waals surface area contributed by atoms with Gasteiger partial charge in [0.2, 0.25) is 0 Å². The highest BCUT2D eigenvalue weighted by Crippen LogP contribution is 2.35. The Hall–Kier alpha value is -1.78. The SMILES string of the molecule is CCC1CCCN(c2cccc(N)c2[N+](=O)[O-])CC1. The number of nitrogens with zero attached hydrogens (tertiary/aromatic N) is 2. The molecule has 5 nitrogen and oxygen atoms in total. The molecular weight excluding hydrogens is 242 g/mol. The molecular formula is C14H21N3O2. The van der Waals surface area contributed by atoms with E-state index >= 15 is 0 Å². The van der Waals surface area contributed by atoms with Crippen molar-refractivity contribution in [2.24, 2.45) is 5.92 Å². The predicted octanol–water partition coefficient (Wildman–Crippen LogP) is 3.19. The van der Waals surface area contributed by atoms with E-state index in [1.54, 1.807) is 18.2 Å². The van der Waals surface area contributed by atoms with Gasteiger partial charge in [-0.15, -0.1) is 0 Å². The first-order chi connectivity index (χ1) is 9.13. The first-order valence-electron chi connectivity index (χ1n) is 6.91. The van der Waals surface area contributed by atoms with E-state index in [4.69, 9.17) is 5.73 Å². The van der Waals surface area contributed by atoms with Gasteiger partial charge in [-0.25, -0.2) is 0 Å². The molecule has 1 fully saturated rings. The van der Waals surface area contributed by atoms with Crippen molar-refractivity contribution in [2.75, 3.05) is 23.7 Å². The third-order valence-electron chi connectivity index (χ3n) is 3.99. The van der Waals surface area contributed by atoms with Crippen molar-refractivity contribution in [3.8, 4) is 0 Å². The third kappa shape index (κ3) is 2.97. The Morgan fingerprint density at radius 3 is 2.89 bits per heavy atom. The summed E-state index contributed by atoms with van der Waals surface area (Å²) in [6.45, 7) is 3.97. The Morgan fingerprint density at radius 2 is 2.21 bits per heavy atom. The fraction of sp³-hybridized carbons (Fsp3) is 0.571. The van der Waals surface area contributed by atoms with Gasteiger partial charge in [-0.2, -0.15) is 0 Å². The molecule has 104 valence electrons. The van der Waals surface area contributed by atoms with Gasteiger partial charge in [-0.05, 0) is 37.3 Å². The molecule has 5 heteroatoms. The zero-order valence-electron chi connectivity index (χ0n) is 11.3. The van der Waals surface area contributed by atoms with Crippen molar-refractivity contribution in [3.63, 3.8) is 0 Å². The molecule has 1 aliphatic heterocycles. The molecule has 0 aliphatic carbocycles. The zero-order valence-corrected chi connectivity index (χ0v) is 11.3. The lowest BCUT2D eigenvalue weighted by atomic mass is 9.98. The number of para-hydroxylation sites is 1. The van der Waals surface area contributed by atoms with Gasteiger partial charge in [0, 0.05) is 13.1 Å². The molecule has 19 heavy (non-hydrogen) atoms. The van der Waals surface area contributed by atoms with Crippen LogP contribution in [0.1, 0.15) is 32.6 Å². The van der Waals surface area contributed by atoms with Crippen LogP contribution in [0.15, 0.2) is 18.2 Å². The smallest absolute Gasteiger partial charge is 0.315 e. The highest BCUT2D eigenvalue weighted by Gasteiger charge is 2.24. The summed E-state index contributed by atoms with van der Waals surface area (Å²) in [5, 5.41) is 11.2. The molecule has 1 aliphatic rings. The maximum Gasteiger partial charge on any atom is 0.315 e. The lowest BCUT2D eigenvalue weighted by Gasteiger charge is -2.23. The summed E-state index contributed by atoms with van der Waals surface area (Å²) in [6.07, 6.45) is 4.59. The average Bonchev–Trinajstić information content (AvgIpc) is 2.63. The number of nitro benzene ring substituents is 1. The van der Waals surface area contributed by atoms with E-state index in [1.165, 1.54) is 12.8 Å². The number of nitrogen functional groups attached to an aromatic ring is 1. The van der Waals surface area contributed by atoms with Crippen LogP contribution in [-0.2, 0) is 0 Å². The summed E-state index contributed by atoms with van der Waals surface area (Å²) >= 11 is 0. The Kier molecular flexibility index (Phi) is 4.24. The Labute approximate surface area is 113 Å². The van der Waals surface area contributed by atoms with E-state index in [-0.39, 0.29) is 16.3 Å². The minimum absolute atomic E-state index is 0.0532. The second kappa shape index (κ2) is 5.91. The van der Waals surface area contributed by atoms with Crippen LogP contribution in [0.2, 0.25) is 0 Å². The van der Waals surface area contributed by atoms with Crippen LogP contribution in [0.25, 0.3) is 0 Å². The molecule has 0 aromatic heterocycles. The Balaban J connectivity index is 2.26. The number of anilines is 2. The molecule has 1 aromatic rings. The summed E-state index contributed by atoms with van der Waals surface area (Å²) in [6, 6.07) is 5.19. The van der Waals surface area contributed by atoms with Gasteiger partial charge >= 0.3 is 5.69 Å². The quantitative estimate of drug-likeness (QED) is 0.516. The van der Waals surface area contributed by atoms with Gasteiger partial charge in [0.05, 0.1) is 4.92 Å². The van der Waals surface area contributed by atoms with Gasteiger partial charge in [-0.3, -0.25) is 10.1 Å². The number of nitro groups is 1. The van der Waals surface area contributed by atoms with E-state index < -0.39 is 0 Å². The molecule has 0 bridgehead atoms. The molecule has 0 saturated carbocycles. The third-order valence-corrected chi connectivity index (χ3v) is 3.99. The number of hydrogen-bond acceptors (Lipinski definition) is 4.